The minimum absolute atomic E-state index is 0.114. The van der Waals surface area contributed by atoms with Gasteiger partial charge in [-0.1, -0.05) is 12.1 Å². The van der Waals surface area contributed by atoms with E-state index in [-0.39, 0.29) is 16.5 Å². The fraction of sp³-hybridized carbons (Fsp3) is 0.583. The zero-order valence-electron chi connectivity index (χ0n) is 20.7. The molecule has 0 aliphatic carbocycles. The number of carbonyl (C=O) groups is 1. The molecule has 10 heteroatoms. The lowest BCUT2D eigenvalue weighted by Crippen LogP contribution is -2.49. The van der Waals surface area contributed by atoms with Gasteiger partial charge in [-0.05, 0) is 58.0 Å². The number of aryl methyl sites for hydroxylation is 2. The van der Waals surface area contributed by atoms with E-state index in [1.54, 1.807) is 15.8 Å². The molecule has 2 aliphatic rings. The fourth-order valence-corrected chi connectivity index (χ4v) is 6.21. The number of piperazine rings is 1. The molecule has 0 N–H and O–H groups in total. The smallest absolute Gasteiger partial charge is 0.263 e. The van der Waals surface area contributed by atoms with Crippen molar-refractivity contribution in [1.29, 1.82) is 0 Å². The number of rotatable bonds is 5. The molecular formula is C24H36N6O3S. The van der Waals surface area contributed by atoms with Crippen LogP contribution in [0, 0.1) is 13.8 Å². The van der Waals surface area contributed by atoms with Crippen molar-refractivity contribution in [1.82, 2.24) is 23.9 Å². The lowest BCUT2D eigenvalue weighted by Gasteiger charge is -2.36. The van der Waals surface area contributed by atoms with Gasteiger partial charge in [0.1, 0.15) is 0 Å². The lowest BCUT2D eigenvalue weighted by atomic mass is 10.1. The number of likely N-dealkylation sites (N-methyl/N-ethyl adjacent to an activating group) is 1. The molecule has 3 heterocycles. The van der Waals surface area contributed by atoms with Crippen molar-refractivity contribution in [3.05, 3.63) is 41.1 Å². The highest BCUT2D eigenvalue weighted by Crippen LogP contribution is 2.27. The molecule has 2 aromatic rings. The van der Waals surface area contributed by atoms with Crippen molar-refractivity contribution in [2.45, 2.75) is 38.8 Å². The molecule has 186 valence electrons. The molecule has 1 amide bonds. The first-order chi connectivity index (χ1) is 16.2. The normalized spacial score (nSPS) is 18.8. The third-order valence-electron chi connectivity index (χ3n) is 7.03. The fourth-order valence-electron chi connectivity index (χ4n) is 4.69. The molecule has 2 aliphatic heterocycles. The van der Waals surface area contributed by atoms with Crippen LogP contribution in [0.25, 0.3) is 0 Å². The maximum Gasteiger partial charge on any atom is 0.263 e. The summed E-state index contributed by atoms with van der Waals surface area (Å²) in [6.45, 7) is 11.4. The third-order valence-corrected chi connectivity index (χ3v) is 8.86. The second kappa shape index (κ2) is 10.1. The quantitative estimate of drug-likeness (QED) is 0.639. The van der Waals surface area contributed by atoms with Crippen LogP contribution < -0.4 is 4.90 Å². The third kappa shape index (κ3) is 4.85. The molecule has 0 atom stereocenters. The Morgan fingerprint density at radius 2 is 1.74 bits per heavy atom. The zero-order chi connectivity index (χ0) is 24.5. The van der Waals surface area contributed by atoms with Gasteiger partial charge in [0, 0.05) is 64.2 Å². The van der Waals surface area contributed by atoms with Crippen LogP contribution in [-0.2, 0) is 16.6 Å². The molecule has 0 bridgehead atoms. The van der Waals surface area contributed by atoms with Gasteiger partial charge in [-0.2, -0.15) is 9.40 Å². The first-order valence-corrected chi connectivity index (χ1v) is 13.5. The molecule has 1 aromatic carbocycles. The van der Waals surface area contributed by atoms with E-state index in [0.717, 1.165) is 25.2 Å². The van der Waals surface area contributed by atoms with Gasteiger partial charge >= 0.3 is 0 Å². The maximum absolute atomic E-state index is 13.7. The van der Waals surface area contributed by atoms with Gasteiger partial charge < -0.3 is 14.7 Å². The number of benzene rings is 1. The Labute approximate surface area is 203 Å². The average Bonchev–Trinajstić information content (AvgIpc) is 3.17. The Bertz CT molecular complexity index is 1140. The largest absolute Gasteiger partial charge is 0.369 e. The SMILES string of the molecule is CCn1cc(C(=O)N2CCCN(C)CC2)c(S(=O)(=O)N2CCN(c3cccc(C)c3C)CC2)n1. The van der Waals surface area contributed by atoms with Crippen LogP contribution in [0.4, 0.5) is 5.69 Å². The number of amides is 1. The van der Waals surface area contributed by atoms with E-state index in [0.29, 0.717) is 45.8 Å². The molecule has 0 radical (unpaired) electrons. The molecule has 0 unspecified atom stereocenters. The lowest BCUT2D eigenvalue weighted by molar-refractivity contribution is 0.0758. The van der Waals surface area contributed by atoms with Crippen molar-refractivity contribution in [2.75, 3.05) is 64.3 Å². The number of carbonyl (C=O) groups excluding carboxylic acids is 1. The highest BCUT2D eigenvalue weighted by atomic mass is 32.2. The van der Waals surface area contributed by atoms with Crippen LogP contribution in [0.2, 0.25) is 0 Å². The maximum atomic E-state index is 13.7. The van der Waals surface area contributed by atoms with Gasteiger partial charge in [-0.25, -0.2) is 8.42 Å². The highest BCUT2D eigenvalue weighted by Gasteiger charge is 2.36. The number of anilines is 1. The van der Waals surface area contributed by atoms with Crippen molar-refractivity contribution < 1.29 is 13.2 Å². The monoisotopic (exact) mass is 488 g/mol. The second-order valence-electron chi connectivity index (χ2n) is 9.26. The van der Waals surface area contributed by atoms with E-state index in [2.05, 4.69) is 40.9 Å². The van der Waals surface area contributed by atoms with E-state index in [9.17, 15) is 13.2 Å². The molecular weight excluding hydrogens is 452 g/mol. The van der Waals surface area contributed by atoms with E-state index in [4.69, 9.17) is 0 Å². The summed E-state index contributed by atoms with van der Waals surface area (Å²) in [5.74, 6) is -0.248. The minimum atomic E-state index is -3.89. The van der Waals surface area contributed by atoms with Crippen molar-refractivity contribution in [3.8, 4) is 0 Å². The van der Waals surface area contributed by atoms with Crippen molar-refractivity contribution >= 4 is 21.6 Å². The molecule has 2 fully saturated rings. The average molecular weight is 489 g/mol. The second-order valence-corrected chi connectivity index (χ2v) is 11.1. The summed E-state index contributed by atoms with van der Waals surface area (Å²) in [6, 6.07) is 6.21. The van der Waals surface area contributed by atoms with Gasteiger partial charge in [-0.15, -0.1) is 0 Å². The predicted molar refractivity (Wildman–Crippen MR) is 133 cm³/mol. The van der Waals surface area contributed by atoms with Crippen molar-refractivity contribution in [2.24, 2.45) is 0 Å². The topological polar surface area (TPSA) is 82.0 Å². The van der Waals surface area contributed by atoms with Crippen LogP contribution in [0.3, 0.4) is 0 Å². The van der Waals surface area contributed by atoms with Crippen LogP contribution in [0.5, 0.6) is 0 Å². The Kier molecular flexibility index (Phi) is 7.30. The molecule has 0 spiro atoms. The van der Waals surface area contributed by atoms with Gasteiger partial charge in [0.15, 0.2) is 0 Å². The Hall–Kier alpha value is -2.43. The summed E-state index contributed by atoms with van der Waals surface area (Å²) in [6.07, 6.45) is 2.46. The number of aromatic nitrogens is 2. The van der Waals surface area contributed by atoms with E-state index >= 15 is 0 Å². The Morgan fingerprint density at radius 3 is 2.44 bits per heavy atom. The predicted octanol–water partition coefficient (Wildman–Crippen LogP) is 1.81. The molecule has 34 heavy (non-hydrogen) atoms. The summed E-state index contributed by atoms with van der Waals surface area (Å²) < 4.78 is 30.4. The first-order valence-electron chi connectivity index (χ1n) is 12.1. The number of nitrogens with zero attached hydrogens (tertiary/aromatic N) is 6. The van der Waals surface area contributed by atoms with Crippen LogP contribution in [-0.4, -0.2) is 97.6 Å². The van der Waals surface area contributed by atoms with E-state index in [1.807, 2.05) is 20.0 Å². The minimum Gasteiger partial charge on any atom is -0.369 e. The number of sulfonamides is 1. The summed E-state index contributed by atoms with van der Waals surface area (Å²) >= 11 is 0. The molecule has 9 nitrogen and oxygen atoms in total. The number of hydrogen-bond acceptors (Lipinski definition) is 6. The first kappa shape index (κ1) is 24.7. The molecule has 0 saturated carbocycles. The van der Waals surface area contributed by atoms with Crippen LogP contribution in [0.15, 0.2) is 29.4 Å². The highest BCUT2D eigenvalue weighted by molar-refractivity contribution is 7.89. The summed E-state index contributed by atoms with van der Waals surface area (Å²) in [5, 5.41) is 4.23. The number of hydrogen-bond donors (Lipinski definition) is 0. The van der Waals surface area contributed by atoms with Gasteiger partial charge in [-0.3, -0.25) is 9.48 Å². The zero-order valence-corrected chi connectivity index (χ0v) is 21.5. The van der Waals surface area contributed by atoms with Gasteiger partial charge in [0.2, 0.25) is 5.03 Å². The molecule has 2 saturated heterocycles. The van der Waals surface area contributed by atoms with Crippen LogP contribution in [0.1, 0.15) is 34.8 Å². The van der Waals surface area contributed by atoms with E-state index in [1.165, 1.54) is 15.4 Å². The standard InChI is InChI=1S/C24H36N6O3S/c1-5-29-18-21(24(31)28-11-7-10-26(4)12-13-28)23(25-29)34(32,33)30-16-14-27(15-17-30)22-9-6-8-19(2)20(22)3/h6,8-9,18H,5,7,10-17H2,1-4H3. The van der Waals surface area contributed by atoms with Crippen molar-refractivity contribution in [3.63, 3.8) is 0 Å². The summed E-state index contributed by atoms with van der Waals surface area (Å²) in [5.41, 5.74) is 3.77. The van der Waals surface area contributed by atoms with Crippen LogP contribution >= 0.6 is 0 Å². The molecule has 4 rings (SSSR count). The van der Waals surface area contributed by atoms with Gasteiger partial charge in [0.25, 0.3) is 15.9 Å². The summed E-state index contributed by atoms with van der Waals surface area (Å²) in [4.78, 5) is 19.6. The van der Waals surface area contributed by atoms with E-state index < -0.39 is 10.0 Å². The van der Waals surface area contributed by atoms with Gasteiger partial charge in [0.05, 0.1) is 5.56 Å². The Morgan fingerprint density at radius 1 is 1.00 bits per heavy atom. The Balaban J connectivity index is 1.55. The molecule has 1 aromatic heterocycles. The summed E-state index contributed by atoms with van der Waals surface area (Å²) in [7, 11) is -1.85.